The topological polar surface area (TPSA) is 55.6 Å². The number of piperidine rings is 1. The number of carbonyl (C=O) groups is 1. The molecule has 0 bridgehead atoms. The lowest BCUT2D eigenvalue weighted by Crippen LogP contribution is -2.51. The van der Waals surface area contributed by atoms with Gasteiger partial charge in [0, 0.05) is 26.2 Å². The molecular weight excluding hydrogens is 283 g/mol. The van der Waals surface area contributed by atoms with E-state index in [0.29, 0.717) is 25.9 Å². The van der Waals surface area contributed by atoms with E-state index in [0.717, 1.165) is 0 Å². The third-order valence-electron chi connectivity index (χ3n) is 3.71. The summed E-state index contributed by atoms with van der Waals surface area (Å²) in [6.07, 6.45) is 1.46. The molecule has 1 fully saturated rings. The average molecular weight is 301 g/mol. The Hall–Kier alpha value is -1.17. The Morgan fingerprint density at radius 3 is 2.95 bits per heavy atom. The molecule has 1 aromatic rings. The predicted octanol–water partition coefficient (Wildman–Crippen LogP) is 2.06. The van der Waals surface area contributed by atoms with Crippen LogP contribution in [0.5, 0.6) is 0 Å². The van der Waals surface area contributed by atoms with Crippen LogP contribution in [0.4, 0.5) is 4.39 Å². The predicted molar refractivity (Wildman–Crippen MR) is 75.3 cm³/mol. The molecule has 1 aliphatic heterocycles. The number of halogens is 2. The molecule has 1 aliphatic rings. The Kier molecular flexibility index (Phi) is 4.96. The van der Waals surface area contributed by atoms with Crippen molar-refractivity contribution in [2.24, 2.45) is 5.73 Å². The van der Waals surface area contributed by atoms with Gasteiger partial charge < -0.3 is 15.4 Å². The van der Waals surface area contributed by atoms with E-state index in [1.807, 2.05) is 0 Å². The number of ether oxygens (including phenoxy) is 1. The first-order valence-electron chi connectivity index (χ1n) is 6.56. The first kappa shape index (κ1) is 15.2. The Morgan fingerprint density at radius 2 is 2.35 bits per heavy atom. The van der Waals surface area contributed by atoms with Crippen molar-refractivity contribution in [2.75, 3.05) is 20.2 Å². The average Bonchev–Trinajstić information content (AvgIpc) is 2.46. The zero-order valence-electron chi connectivity index (χ0n) is 11.3. The molecular formula is C14H18ClFN2O2. The van der Waals surface area contributed by atoms with E-state index in [1.165, 1.54) is 18.2 Å². The molecule has 0 spiro atoms. The molecule has 2 unspecified atom stereocenters. The standard InChI is InChI=1S/C14H18ClFN2O2/c1-20-10-5-6-18(9(7-10)8-17)14(19)13-11(15)3-2-4-12(13)16/h2-4,9-10H,5-8,17H2,1H3. The van der Waals surface area contributed by atoms with Gasteiger partial charge in [-0.15, -0.1) is 0 Å². The van der Waals surface area contributed by atoms with Crippen LogP contribution in [0, 0.1) is 5.82 Å². The highest BCUT2D eigenvalue weighted by Crippen LogP contribution is 2.25. The molecule has 0 saturated carbocycles. The fourth-order valence-corrected chi connectivity index (χ4v) is 2.81. The normalized spacial score (nSPS) is 22.9. The third-order valence-corrected chi connectivity index (χ3v) is 4.03. The number of rotatable bonds is 3. The van der Waals surface area contributed by atoms with Crippen molar-refractivity contribution in [3.63, 3.8) is 0 Å². The summed E-state index contributed by atoms with van der Waals surface area (Å²) < 4.78 is 19.2. The number of benzene rings is 1. The summed E-state index contributed by atoms with van der Waals surface area (Å²) >= 11 is 5.95. The second-order valence-corrected chi connectivity index (χ2v) is 5.27. The van der Waals surface area contributed by atoms with E-state index in [-0.39, 0.29) is 22.7 Å². The summed E-state index contributed by atoms with van der Waals surface area (Å²) in [5, 5.41) is 0.125. The number of methoxy groups -OCH3 is 1. The minimum Gasteiger partial charge on any atom is -0.381 e. The number of hydrogen-bond acceptors (Lipinski definition) is 3. The lowest BCUT2D eigenvalue weighted by atomic mass is 9.98. The maximum Gasteiger partial charge on any atom is 0.258 e. The maximum absolute atomic E-state index is 13.8. The highest BCUT2D eigenvalue weighted by Gasteiger charge is 2.33. The molecule has 1 saturated heterocycles. The van der Waals surface area contributed by atoms with Crippen LogP contribution in [-0.4, -0.2) is 43.2 Å². The van der Waals surface area contributed by atoms with Gasteiger partial charge in [-0.1, -0.05) is 17.7 Å². The highest BCUT2D eigenvalue weighted by atomic mass is 35.5. The van der Waals surface area contributed by atoms with Crippen molar-refractivity contribution in [1.29, 1.82) is 0 Å². The van der Waals surface area contributed by atoms with Gasteiger partial charge in [0.05, 0.1) is 16.7 Å². The van der Waals surface area contributed by atoms with Crippen molar-refractivity contribution in [3.05, 3.63) is 34.6 Å². The molecule has 2 rings (SSSR count). The molecule has 0 aromatic heterocycles. The zero-order chi connectivity index (χ0) is 14.7. The van der Waals surface area contributed by atoms with Gasteiger partial charge in [-0.05, 0) is 25.0 Å². The van der Waals surface area contributed by atoms with Crippen molar-refractivity contribution in [2.45, 2.75) is 25.0 Å². The highest BCUT2D eigenvalue weighted by molar-refractivity contribution is 6.33. The smallest absolute Gasteiger partial charge is 0.258 e. The van der Waals surface area contributed by atoms with Gasteiger partial charge in [0.25, 0.3) is 5.91 Å². The Balaban J connectivity index is 2.24. The number of hydrogen-bond donors (Lipinski definition) is 1. The van der Waals surface area contributed by atoms with Crippen molar-refractivity contribution in [3.8, 4) is 0 Å². The largest absolute Gasteiger partial charge is 0.381 e. The van der Waals surface area contributed by atoms with Crippen LogP contribution in [0.1, 0.15) is 23.2 Å². The van der Waals surface area contributed by atoms with Gasteiger partial charge in [-0.3, -0.25) is 4.79 Å². The summed E-state index contributed by atoms with van der Waals surface area (Å²) in [7, 11) is 1.64. The van der Waals surface area contributed by atoms with Crippen molar-refractivity contribution < 1.29 is 13.9 Å². The molecule has 110 valence electrons. The van der Waals surface area contributed by atoms with Gasteiger partial charge in [0.1, 0.15) is 5.82 Å². The van der Waals surface area contributed by atoms with E-state index in [9.17, 15) is 9.18 Å². The minimum absolute atomic E-state index is 0.0801. The van der Waals surface area contributed by atoms with Crippen LogP contribution in [0.3, 0.4) is 0 Å². The Morgan fingerprint density at radius 1 is 1.60 bits per heavy atom. The van der Waals surface area contributed by atoms with E-state index >= 15 is 0 Å². The van der Waals surface area contributed by atoms with Gasteiger partial charge in [-0.2, -0.15) is 0 Å². The zero-order valence-corrected chi connectivity index (χ0v) is 12.1. The van der Waals surface area contributed by atoms with Gasteiger partial charge >= 0.3 is 0 Å². The summed E-state index contributed by atoms with van der Waals surface area (Å²) in [5.74, 6) is -1.01. The second kappa shape index (κ2) is 6.52. The van der Waals surface area contributed by atoms with Crippen molar-refractivity contribution in [1.82, 2.24) is 4.90 Å². The number of likely N-dealkylation sites (tertiary alicyclic amines) is 1. The fraction of sp³-hybridized carbons (Fsp3) is 0.500. The van der Waals surface area contributed by atoms with Crippen LogP contribution in [0.2, 0.25) is 5.02 Å². The number of amides is 1. The SMILES string of the molecule is COC1CCN(C(=O)c2c(F)cccc2Cl)C(CN)C1. The molecule has 6 heteroatoms. The van der Waals surface area contributed by atoms with Crippen LogP contribution < -0.4 is 5.73 Å². The van der Waals surface area contributed by atoms with Crippen LogP contribution in [-0.2, 0) is 4.74 Å². The molecule has 2 atom stereocenters. The molecule has 1 amide bonds. The third kappa shape index (κ3) is 2.95. The molecule has 2 N–H and O–H groups in total. The number of carbonyl (C=O) groups excluding carboxylic acids is 1. The fourth-order valence-electron chi connectivity index (χ4n) is 2.56. The summed E-state index contributed by atoms with van der Waals surface area (Å²) in [4.78, 5) is 14.1. The first-order chi connectivity index (χ1) is 9.58. The quantitative estimate of drug-likeness (QED) is 0.929. The van der Waals surface area contributed by atoms with Gasteiger partial charge in [0.2, 0.25) is 0 Å². The molecule has 4 nitrogen and oxygen atoms in total. The molecule has 1 heterocycles. The minimum atomic E-state index is -0.605. The molecule has 0 aliphatic carbocycles. The number of nitrogens with zero attached hydrogens (tertiary/aromatic N) is 1. The van der Waals surface area contributed by atoms with E-state index in [2.05, 4.69) is 0 Å². The summed E-state index contributed by atoms with van der Waals surface area (Å²) in [6.45, 7) is 0.807. The lowest BCUT2D eigenvalue weighted by molar-refractivity contribution is 0.0137. The Labute approximate surface area is 122 Å². The van der Waals surface area contributed by atoms with E-state index in [4.69, 9.17) is 22.1 Å². The second-order valence-electron chi connectivity index (χ2n) is 4.87. The van der Waals surface area contributed by atoms with E-state index in [1.54, 1.807) is 12.0 Å². The van der Waals surface area contributed by atoms with Gasteiger partial charge in [-0.25, -0.2) is 4.39 Å². The monoisotopic (exact) mass is 300 g/mol. The molecule has 1 aromatic carbocycles. The van der Waals surface area contributed by atoms with Crippen LogP contribution in [0.15, 0.2) is 18.2 Å². The first-order valence-corrected chi connectivity index (χ1v) is 6.94. The maximum atomic E-state index is 13.8. The van der Waals surface area contributed by atoms with Crippen LogP contribution in [0.25, 0.3) is 0 Å². The lowest BCUT2D eigenvalue weighted by Gasteiger charge is -2.38. The van der Waals surface area contributed by atoms with Crippen LogP contribution >= 0.6 is 11.6 Å². The number of nitrogens with two attached hydrogens (primary N) is 1. The van der Waals surface area contributed by atoms with Crippen molar-refractivity contribution >= 4 is 17.5 Å². The van der Waals surface area contributed by atoms with Gasteiger partial charge in [0.15, 0.2) is 0 Å². The van der Waals surface area contributed by atoms with E-state index < -0.39 is 11.7 Å². The summed E-state index contributed by atoms with van der Waals surface area (Å²) in [5.41, 5.74) is 5.65. The molecule has 20 heavy (non-hydrogen) atoms. The summed E-state index contributed by atoms with van der Waals surface area (Å²) in [6, 6.07) is 4.07. The molecule has 0 radical (unpaired) electrons. The Bertz CT molecular complexity index is 478.